The second-order valence-electron chi connectivity index (χ2n) is 4.89. The predicted octanol–water partition coefficient (Wildman–Crippen LogP) is 5.31. The Morgan fingerprint density at radius 3 is 1.86 bits per heavy atom. The highest BCUT2D eigenvalue weighted by Gasteiger charge is 2.15. The fourth-order valence-electron chi connectivity index (χ4n) is 2.39. The largest absolute Gasteiger partial charge is 0.494 e. The molecule has 0 amide bonds. The maximum absolute atomic E-state index is 14.1. The Morgan fingerprint density at radius 1 is 0.636 bits per heavy atom. The van der Waals surface area contributed by atoms with Gasteiger partial charge in [-0.1, -0.05) is 54.6 Å². The van der Waals surface area contributed by atoms with Gasteiger partial charge in [-0.15, -0.1) is 0 Å². The van der Waals surface area contributed by atoms with Crippen LogP contribution in [-0.2, 0) is 0 Å². The van der Waals surface area contributed by atoms with E-state index in [9.17, 15) is 8.78 Å². The van der Waals surface area contributed by atoms with Gasteiger partial charge in [0.2, 0.25) is 5.82 Å². The fourth-order valence-corrected chi connectivity index (χ4v) is 2.39. The molecule has 0 N–H and O–H groups in total. The molecule has 0 aliphatic rings. The van der Waals surface area contributed by atoms with Crippen LogP contribution in [0, 0.1) is 11.6 Å². The summed E-state index contributed by atoms with van der Waals surface area (Å²) in [7, 11) is 1.31. The minimum absolute atomic E-state index is 0.0952. The smallest absolute Gasteiger partial charge is 0.201 e. The van der Waals surface area contributed by atoms with Gasteiger partial charge >= 0.3 is 0 Å². The van der Waals surface area contributed by atoms with Crippen LogP contribution in [0.2, 0.25) is 0 Å². The monoisotopic (exact) mass is 296 g/mol. The third-order valence-electron chi connectivity index (χ3n) is 3.57. The van der Waals surface area contributed by atoms with Crippen LogP contribution in [0.25, 0.3) is 22.3 Å². The minimum Gasteiger partial charge on any atom is -0.494 e. The molecule has 3 aromatic rings. The van der Waals surface area contributed by atoms with Crippen LogP contribution in [0.1, 0.15) is 0 Å². The van der Waals surface area contributed by atoms with Crippen molar-refractivity contribution in [3.63, 3.8) is 0 Å². The van der Waals surface area contributed by atoms with Gasteiger partial charge in [-0.25, -0.2) is 4.39 Å². The zero-order valence-electron chi connectivity index (χ0n) is 12.0. The first-order chi connectivity index (χ1) is 10.7. The Hall–Kier alpha value is -2.68. The zero-order chi connectivity index (χ0) is 15.5. The predicted molar refractivity (Wildman–Crippen MR) is 83.8 cm³/mol. The molecule has 0 unspecified atom stereocenters. The third-order valence-corrected chi connectivity index (χ3v) is 3.57. The zero-order valence-corrected chi connectivity index (χ0v) is 12.0. The van der Waals surface area contributed by atoms with Gasteiger partial charge in [-0.2, -0.15) is 4.39 Å². The lowest BCUT2D eigenvalue weighted by molar-refractivity contribution is 0.372. The highest BCUT2D eigenvalue weighted by atomic mass is 19.2. The molecular weight excluding hydrogens is 282 g/mol. The Balaban J connectivity index is 1.99. The van der Waals surface area contributed by atoms with Crippen molar-refractivity contribution in [3.8, 4) is 28.0 Å². The first-order valence-electron chi connectivity index (χ1n) is 6.88. The Labute approximate surface area is 127 Å². The van der Waals surface area contributed by atoms with E-state index < -0.39 is 11.6 Å². The van der Waals surface area contributed by atoms with E-state index >= 15 is 0 Å². The summed E-state index contributed by atoms with van der Waals surface area (Å²) in [5.41, 5.74) is 2.95. The molecule has 0 aromatic heterocycles. The molecule has 3 heteroatoms. The second-order valence-corrected chi connectivity index (χ2v) is 4.89. The van der Waals surface area contributed by atoms with Crippen LogP contribution in [0.4, 0.5) is 8.78 Å². The number of hydrogen-bond donors (Lipinski definition) is 0. The van der Waals surface area contributed by atoms with Gasteiger partial charge in [0, 0.05) is 5.56 Å². The van der Waals surface area contributed by atoms with Crippen molar-refractivity contribution in [3.05, 3.63) is 78.4 Å². The molecular formula is C19H14F2O. The molecule has 0 radical (unpaired) electrons. The maximum Gasteiger partial charge on any atom is 0.201 e. The van der Waals surface area contributed by atoms with Crippen molar-refractivity contribution < 1.29 is 13.5 Å². The number of hydrogen-bond acceptors (Lipinski definition) is 1. The van der Waals surface area contributed by atoms with E-state index in [0.29, 0.717) is 5.56 Å². The van der Waals surface area contributed by atoms with Crippen molar-refractivity contribution in [1.82, 2.24) is 0 Å². The lowest BCUT2D eigenvalue weighted by atomic mass is 10.00. The Bertz CT molecular complexity index is 781. The normalized spacial score (nSPS) is 10.5. The van der Waals surface area contributed by atoms with Gasteiger partial charge in [0.15, 0.2) is 11.6 Å². The van der Waals surface area contributed by atoms with Crippen molar-refractivity contribution in [2.45, 2.75) is 0 Å². The van der Waals surface area contributed by atoms with Crippen LogP contribution < -0.4 is 4.74 Å². The van der Waals surface area contributed by atoms with E-state index in [2.05, 4.69) is 0 Å². The summed E-state index contributed by atoms with van der Waals surface area (Å²) in [5, 5.41) is 0. The Morgan fingerprint density at radius 2 is 1.23 bits per heavy atom. The molecule has 0 aliphatic heterocycles. The SMILES string of the molecule is COc1ccc(-c2ccc(-c3ccccc3)cc2)c(F)c1F. The molecule has 0 saturated carbocycles. The van der Waals surface area contributed by atoms with Gasteiger partial charge in [-0.3, -0.25) is 0 Å². The summed E-state index contributed by atoms with van der Waals surface area (Å²) < 4.78 is 32.7. The summed E-state index contributed by atoms with van der Waals surface area (Å²) in [6.07, 6.45) is 0. The summed E-state index contributed by atoms with van der Waals surface area (Å²) in [4.78, 5) is 0. The molecule has 3 aromatic carbocycles. The number of methoxy groups -OCH3 is 1. The number of benzene rings is 3. The van der Waals surface area contributed by atoms with E-state index in [1.54, 1.807) is 12.1 Å². The summed E-state index contributed by atoms with van der Waals surface area (Å²) in [6.45, 7) is 0. The van der Waals surface area contributed by atoms with E-state index in [4.69, 9.17) is 4.74 Å². The van der Waals surface area contributed by atoms with Crippen molar-refractivity contribution in [1.29, 1.82) is 0 Å². The lowest BCUT2D eigenvalue weighted by Gasteiger charge is -2.09. The average molecular weight is 296 g/mol. The topological polar surface area (TPSA) is 9.23 Å². The molecule has 0 heterocycles. The van der Waals surface area contributed by atoms with Crippen LogP contribution in [-0.4, -0.2) is 7.11 Å². The van der Waals surface area contributed by atoms with Crippen molar-refractivity contribution >= 4 is 0 Å². The van der Waals surface area contributed by atoms with Crippen molar-refractivity contribution in [2.24, 2.45) is 0 Å². The number of halogens is 2. The minimum atomic E-state index is -0.966. The maximum atomic E-state index is 14.1. The van der Waals surface area contributed by atoms with Gasteiger partial charge in [-0.05, 0) is 28.8 Å². The van der Waals surface area contributed by atoms with Crippen LogP contribution in [0.15, 0.2) is 66.7 Å². The Kier molecular flexibility index (Phi) is 3.88. The molecule has 0 fully saturated rings. The summed E-state index contributed by atoms with van der Waals surface area (Å²) in [5.74, 6) is -1.96. The highest BCUT2D eigenvalue weighted by Crippen LogP contribution is 2.31. The van der Waals surface area contributed by atoms with Crippen LogP contribution in [0.5, 0.6) is 5.75 Å². The molecule has 1 nitrogen and oxygen atoms in total. The molecule has 0 atom stereocenters. The highest BCUT2D eigenvalue weighted by molar-refractivity contribution is 5.71. The number of rotatable bonds is 3. The van der Waals surface area contributed by atoms with Gasteiger partial charge < -0.3 is 4.74 Å². The van der Waals surface area contributed by atoms with Crippen LogP contribution in [0.3, 0.4) is 0 Å². The van der Waals surface area contributed by atoms with E-state index in [-0.39, 0.29) is 11.3 Å². The first kappa shape index (κ1) is 14.3. The van der Waals surface area contributed by atoms with E-state index in [1.807, 2.05) is 42.5 Å². The lowest BCUT2D eigenvalue weighted by Crippen LogP contribution is -1.94. The molecule has 0 aliphatic carbocycles. The second kappa shape index (κ2) is 5.98. The van der Waals surface area contributed by atoms with E-state index in [1.165, 1.54) is 19.2 Å². The first-order valence-corrected chi connectivity index (χ1v) is 6.88. The summed E-state index contributed by atoms with van der Waals surface area (Å²) >= 11 is 0. The summed E-state index contributed by atoms with van der Waals surface area (Å²) in [6, 6.07) is 20.2. The van der Waals surface area contributed by atoms with Gasteiger partial charge in [0.05, 0.1) is 7.11 Å². The quantitative estimate of drug-likeness (QED) is 0.636. The van der Waals surface area contributed by atoms with Crippen molar-refractivity contribution in [2.75, 3.05) is 7.11 Å². The number of ether oxygens (including phenoxy) is 1. The van der Waals surface area contributed by atoms with Gasteiger partial charge in [0.1, 0.15) is 0 Å². The molecule has 3 rings (SSSR count). The molecule has 0 saturated heterocycles. The standard InChI is InChI=1S/C19H14F2O/c1-22-17-12-11-16(18(20)19(17)21)15-9-7-14(8-10-15)13-5-3-2-4-6-13/h2-12H,1H3. The van der Waals surface area contributed by atoms with Gasteiger partial charge in [0.25, 0.3) is 0 Å². The fraction of sp³-hybridized carbons (Fsp3) is 0.0526. The van der Waals surface area contributed by atoms with E-state index in [0.717, 1.165) is 11.1 Å². The third kappa shape index (κ3) is 2.58. The molecule has 0 bridgehead atoms. The van der Waals surface area contributed by atoms with Crippen LogP contribution >= 0.6 is 0 Å². The molecule has 0 spiro atoms. The molecule has 22 heavy (non-hydrogen) atoms. The average Bonchev–Trinajstić information content (AvgIpc) is 2.58. The molecule has 110 valence electrons.